The lowest BCUT2D eigenvalue weighted by Gasteiger charge is -2.16. The number of imidazole rings is 1. The zero-order valence-corrected chi connectivity index (χ0v) is 20.4. The fraction of sp³-hybridized carbons (Fsp3) is 0.120. The van der Waals surface area contributed by atoms with Crippen LogP contribution in [-0.4, -0.2) is 38.0 Å². The monoisotopic (exact) mass is 504 g/mol. The summed E-state index contributed by atoms with van der Waals surface area (Å²) in [6.45, 7) is 3.60. The van der Waals surface area contributed by atoms with Gasteiger partial charge in [-0.2, -0.15) is 0 Å². The number of H-pyrrole nitrogens is 1. The number of nitrogens with zero attached hydrogens (tertiary/aromatic N) is 2. The highest BCUT2D eigenvalue weighted by Gasteiger charge is 2.36. The van der Waals surface area contributed by atoms with E-state index in [1.54, 1.807) is 50.3 Å². The van der Waals surface area contributed by atoms with Crippen LogP contribution in [0.1, 0.15) is 30.0 Å². The Morgan fingerprint density at radius 3 is 2.69 bits per heavy atom. The highest BCUT2D eigenvalue weighted by atomic mass is 32.2. The van der Waals surface area contributed by atoms with Crippen LogP contribution in [0.3, 0.4) is 0 Å². The second-order valence-electron chi connectivity index (χ2n) is 8.00. The van der Waals surface area contributed by atoms with Gasteiger partial charge in [0.15, 0.2) is 10.2 Å². The predicted molar refractivity (Wildman–Crippen MR) is 136 cm³/mol. The molecule has 0 saturated carbocycles. The lowest BCUT2D eigenvalue weighted by Crippen LogP contribution is -2.34. The van der Waals surface area contributed by atoms with Crippen molar-refractivity contribution in [2.75, 3.05) is 5.32 Å². The van der Waals surface area contributed by atoms with E-state index >= 15 is 0 Å². The minimum absolute atomic E-state index is 0.187. The minimum Gasteiger partial charge on any atom is -0.450 e. The molecule has 3 amide bonds. The van der Waals surface area contributed by atoms with Gasteiger partial charge in [-0.15, -0.1) is 0 Å². The number of benzene rings is 2. The van der Waals surface area contributed by atoms with Crippen molar-refractivity contribution >= 4 is 63.4 Å². The maximum absolute atomic E-state index is 12.5. The summed E-state index contributed by atoms with van der Waals surface area (Å²) in [4.78, 5) is 46.3. The lowest BCUT2D eigenvalue weighted by molar-refractivity contribution is -0.123. The molecule has 4 aromatic rings. The molecular formula is C25H20N4O4S2. The minimum atomic E-state index is -0.312. The first-order valence-corrected chi connectivity index (χ1v) is 12.4. The second kappa shape index (κ2) is 9.47. The Balaban J connectivity index is 1.29. The van der Waals surface area contributed by atoms with Crippen molar-refractivity contribution in [2.24, 2.45) is 0 Å². The van der Waals surface area contributed by atoms with Crippen molar-refractivity contribution in [3.05, 3.63) is 76.9 Å². The molecule has 1 fully saturated rings. The number of carbonyl (C=O) groups is 3. The first-order valence-electron chi connectivity index (χ1n) is 10.8. The summed E-state index contributed by atoms with van der Waals surface area (Å²) in [5.74, 6) is -0.0229. The van der Waals surface area contributed by atoms with E-state index in [1.807, 2.05) is 30.3 Å². The Morgan fingerprint density at radius 2 is 1.94 bits per heavy atom. The molecule has 0 aliphatic carbocycles. The molecule has 5 rings (SSSR count). The molecule has 1 aliphatic rings. The molecule has 2 aromatic carbocycles. The van der Waals surface area contributed by atoms with E-state index in [0.29, 0.717) is 32.2 Å². The molecule has 0 unspecified atom stereocenters. The third kappa shape index (κ3) is 4.89. The molecule has 3 heterocycles. The van der Waals surface area contributed by atoms with E-state index in [1.165, 1.54) is 16.7 Å². The molecular weight excluding hydrogens is 484 g/mol. The van der Waals surface area contributed by atoms with E-state index in [9.17, 15) is 14.4 Å². The van der Waals surface area contributed by atoms with Crippen LogP contribution >= 0.6 is 23.5 Å². The Hall–Kier alpha value is -3.76. The quantitative estimate of drug-likeness (QED) is 0.310. The van der Waals surface area contributed by atoms with Crippen molar-refractivity contribution in [1.82, 2.24) is 14.9 Å². The summed E-state index contributed by atoms with van der Waals surface area (Å²) in [6, 6.07) is 17.8. The maximum atomic E-state index is 12.5. The third-order valence-electron chi connectivity index (χ3n) is 5.17. The van der Waals surface area contributed by atoms with Gasteiger partial charge in [0, 0.05) is 23.4 Å². The number of fused-ring (bicyclic) bond motifs is 1. The van der Waals surface area contributed by atoms with Gasteiger partial charge in [-0.1, -0.05) is 18.2 Å². The number of nitrogens with one attached hydrogen (secondary N) is 2. The van der Waals surface area contributed by atoms with Gasteiger partial charge >= 0.3 is 0 Å². The number of furan rings is 1. The molecule has 35 heavy (non-hydrogen) atoms. The average Bonchev–Trinajstić information content (AvgIpc) is 3.51. The van der Waals surface area contributed by atoms with Crippen LogP contribution in [-0.2, 0) is 4.79 Å². The fourth-order valence-electron chi connectivity index (χ4n) is 3.52. The Labute approximate surface area is 209 Å². The largest absolute Gasteiger partial charge is 0.450 e. The van der Waals surface area contributed by atoms with Gasteiger partial charge in [-0.3, -0.25) is 19.3 Å². The Bertz CT molecular complexity index is 1470. The number of aromatic nitrogens is 2. The molecule has 2 aromatic heterocycles. The van der Waals surface area contributed by atoms with Crippen LogP contribution in [0.25, 0.3) is 17.1 Å². The van der Waals surface area contributed by atoms with E-state index in [2.05, 4.69) is 15.3 Å². The number of aromatic amines is 1. The molecule has 0 atom stereocenters. The van der Waals surface area contributed by atoms with Crippen LogP contribution < -0.4 is 5.32 Å². The number of rotatable bonds is 6. The van der Waals surface area contributed by atoms with Crippen LogP contribution in [0.2, 0.25) is 0 Å². The fourth-order valence-corrected chi connectivity index (χ4v) is 5.23. The molecule has 10 heteroatoms. The SMILES string of the molecule is CC(C)N1C(=O)SC(=Cc2ccc(Sc3nc4ccc(NC(=O)c5ccccc5)cc4[nH]3)o2)C1=O. The smallest absolute Gasteiger partial charge is 0.293 e. The number of anilines is 1. The summed E-state index contributed by atoms with van der Waals surface area (Å²) in [6.07, 6.45) is 1.58. The van der Waals surface area contributed by atoms with E-state index < -0.39 is 0 Å². The van der Waals surface area contributed by atoms with E-state index in [-0.39, 0.29) is 23.1 Å². The topological polar surface area (TPSA) is 108 Å². The van der Waals surface area contributed by atoms with Gasteiger partial charge in [-0.05, 0) is 79.8 Å². The van der Waals surface area contributed by atoms with Gasteiger partial charge in [-0.25, -0.2) is 4.98 Å². The summed E-state index contributed by atoms with van der Waals surface area (Å²) in [5, 5.41) is 3.81. The van der Waals surface area contributed by atoms with Crippen molar-refractivity contribution in [1.29, 1.82) is 0 Å². The average molecular weight is 505 g/mol. The number of amides is 3. The molecule has 0 spiro atoms. The van der Waals surface area contributed by atoms with Crippen molar-refractivity contribution in [2.45, 2.75) is 30.1 Å². The zero-order valence-electron chi connectivity index (χ0n) is 18.8. The van der Waals surface area contributed by atoms with E-state index in [4.69, 9.17) is 4.42 Å². The summed E-state index contributed by atoms with van der Waals surface area (Å²) >= 11 is 2.20. The highest BCUT2D eigenvalue weighted by molar-refractivity contribution is 8.18. The molecule has 1 saturated heterocycles. The standard InChI is InChI=1S/C25H20N4O4S2/c1-14(2)29-23(31)20(34-25(29)32)13-17-9-11-21(33-17)35-24-27-18-10-8-16(12-19(18)28-24)26-22(30)15-6-4-3-5-7-15/h3-14H,1-2H3,(H,26,30)(H,27,28). The normalized spacial score (nSPS) is 15.1. The number of hydrogen-bond acceptors (Lipinski definition) is 7. The zero-order chi connectivity index (χ0) is 24.5. The third-order valence-corrected chi connectivity index (χ3v) is 6.86. The van der Waals surface area contributed by atoms with Crippen LogP contribution in [0.15, 0.2) is 80.2 Å². The van der Waals surface area contributed by atoms with Crippen LogP contribution in [0.4, 0.5) is 10.5 Å². The van der Waals surface area contributed by atoms with Gasteiger partial charge in [0.2, 0.25) is 0 Å². The number of hydrogen-bond donors (Lipinski definition) is 2. The number of thioether (sulfide) groups is 1. The van der Waals surface area contributed by atoms with Gasteiger partial charge < -0.3 is 14.7 Å². The van der Waals surface area contributed by atoms with Gasteiger partial charge in [0.05, 0.1) is 15.9 Å². The molecule has 0 radical (unpaired) electrons. The maximum Gasteiger partial charge on any atom is 0.293 e. The number of carbonyl (C=O) groups excluding carboxylic acids is 3. The molecule has 2 N–H and O–H groups in total. The van der Waals surface area contributed by atoms with Crippen molar-refractivity contribution in [3.63, 3.8) is 0 Å². The summed E-state index contributed by atoms with van der Waals surface area (Å²) < 4.78 is 5.82. The first kappa shape index (κ1) is 23.0. The number of imide groups is 1. The Morgan fingerprint density at radius 1 is 1.14 bits per heavy atom. The predicted octanol–water partition coefficient (Wildman–Crippen LogP) is 6.00. The van der Waals surface area contributed by atoms with Crippen LogP contribution in [0.5, 0.6) is 0 Å². The van der Waals surface area contributed by atoms with Crippen molar-refractivity contribution in [3.8, 4) is 0 Å². The van der Waals surface area contributed by atoms with Crippen molar-refractivity contribution < 1.29 is 18.8 Å². The first-order chi connectivity index (χ1) is 16.9. The van der Waals surface area contributed by atoms with Crippen LogP contribution in [0, 0.1) is 0 Å². The highest BCUT2D eigenvalue weighted by Crippen LogP contribution is 2.35. The lowest BCUT2D eigenvalue weighted by atomic mass is 10.2. The van der Waals surface area contributed by atoms with Gasteiger partial charge in [0.25, 0.3) is 17.1 Å². The van der Waals surface area contributed by atoms with Gasteiger partial charge in [0.1, 0.15) is 5.76 Å². The second-order valence-corrected chi connectivity index (χ2v) is 9.98. The molecule has 0 bridgehead atoms. The summed E-state index contributed by atoms with van der Waals surface area (Å²) in [5.41, 5.74) is 2.75. The Kier molecular flexibility index (Phi) is 6.23. The summed E-state index contributed by atoms with van der Waals surface area (Å²) in [7, 11) is 0. The molecule has 176 valence electrons. The van der Waals surface area contributed by atoms with E-state index in [0.717, 1.165) is 22.8 Å². The molecule has 8 nitrogen and oxygen atoms in total. The molecule has 1 aliphatic heterocycles.